The molecule has 0 radical (unpaired) electrons. The van der Waals surface area contributed by atoms with Crippen molar-refractivity contribution in [3.63, 3.8) is 0 Å². The Hall–Kier alpha value is -1.33. The van der Waals surface area contributed by atoms with Gasteiger partial charge in [-0.1, -0.05) is 37.2 Å². The van der Waals surface area contributed by atoms with Crippen LogP contribution in [0.5, 0.6) is 0 Å². The third-order valence-electron chi connectivity index (χ3n) is 3.39. The predicted octanol–water partition coefficient (Wildman–Crippen LogP) is 4.55. The average molecular weight is 352 g/mol. The van der Waals surface area contributed by atoms with Crippen LogP contribution in [0.4, 0.5) is 5.69 Å². The summed E-state index contributed by atoms with van der Waals surface area (Å²) in [6, 6.07) is 7.38. The van der Waals surface area contributed by atoms with Gasteiger partial charge in [0.15, 0.2) is 5.84 Å². The third-order valence-corrected chi connectivity index (χ3v) is 4.69. The Kier molecular flexibility index (Phi) is 6.66. The largest absolute Gasteiger partial charge is 0.354 e. The van der Waals surface area contributed by atoms with Gasteiger partial charge >= 0.3 is 0 Å². The summed E-state index contributed by atoms with van der Waals surface area (Å²) in [6.45, 7) is 7.86. The highest BCUT2D eigenvalue weighted by Crippen LogP contribution is 2.26. The number of amidine groups is 1. The van der Waals surface area contributed by atoms with Crippen LogP contribution < -0.4 is 0 Å². The fraction of sp³-hybridized carbons (Fsp3) is 0.471. The number of halogens is 1. The molecule has 1 unspecified atom stereocenters. The molecule has 0 aromatic heterocycles. The van der Waals surface area contributed by atoms with Crippen LogP contribution in [-0.4, -0.2) is 40.0 Å². The Balaban J connectivity index is 2.38. The van der Waals surface area contributed by atoms with Crippen LogP contribution in [-0.2, 0) is 4.79 Å². The highest BCUT2D eigenvalue weighted by Gasteiger charge is 2.29. The lowest BCUT2D eigenvalue weighted by Gasteiger charge is -2.29. The molecule has 0 spiro atoms. The van der Waals surface area contributed by atoms with Crippen LogP contribution in [0.1, 0.15) is 33.6 Å². The zero-order valence-electron chi connectivity index (χ0n) is 13.8. The molecule has 6 heteroatoms. The van der Waals surface area contributed by atoms with Crippen molar-refractivity contribution in [2.24, 2.45) is 9.98 Å². The second kappa shape index (κ2) is 8.50. The smallest absolute Gasteiger partial charge is 0.260 e. The number of aliphatic imine (C=N–C) groups is 2. The maximum absolute atomic E-state index is 12.1. The molecule has 0 saturated heterocycles. The molecule has 1 aromatic carbocycles. The number of hydrogen-bond acceptors (Lipinski definition) is 4. The molecule has 0 N–H and O–H groups in total. The number of rotatable bonds is 5. The number of carbonyl (C=O) groups excluding carboxylic acids is 1. The summed E-state index contributed by atoms with van der Waals surface area (Å²) in [7, 11) is 0. The van der Waals surface area contributed by atoms with Crippen LogP contribution in [0.25, 0.3) is 0 Å². The molecule has 0 bridgehead atoms. The van der Waals surface area contributed by atoms with Gasteiger partial charge in [-0.05, 0) is 44.0 Å². The van der Waals surface area contributed by atoms with Crippen molar-refractivity contribution < 1.29 is 4.79 Å². The van der Waals surface area contributed by atoms with Gasteiger partial charge in [-0.2, -0.15) is 4.99 Å². The molecule has 1 aliphatic rings. The first-order chi connectivity index (χ1) is 11.0. The van der Waals surface area contributed by atoms with Gasteiger partial charge in [-0.25, -0.2) is 4.99 Å². The molecule has 1 heterocycles. The van der Waals surface area contributed by atoms with Crippen molar-refractivity contribution >= 4 is 45.8 Å². The van der Waals surface area contributed by atoms with E-state index in [1.54, 1.807) is 0 Å². The van der Waals surface area contributed by atoms with Gasteiger partial charge in [0.2, 0.25) is 0 Å². The van der Waals surface area contributed by atoms with Gasteiger partial charge in [0.05, 0.1) is 10.9 Å². The maximum atomic E-state index is 12.1. The molecule has 124 valence electrons. The molecule has 4 nitrogen and oxygen atoms in total. The van der Waals surface area contributed by atoms with E-state index >= 15 is 0 Å². The minimum absolute atomic E-state index is 0.0859. The zero-order chi connectivity index (χ0) is 16.8. The highest BCUT2D eigenvalue weighted by molar-refractivity contribution is 8.17. The molecule has 1 atom stereocenters. The fourth-order valence-electron chi connectivity index (χ4n) is 2.29. The summed E-state index contributed by atoms with van der Waals surface area (Å²) in [5, 5.41) is 1.29. The number of amides is 1. The topological polar surface area (TPSA) is 45.0 Å². The van der Waals surface area contributed by atoms with Crippen molar-refractivity contribution in [3.05, 3.63) is 29.3 Å². The first-order valence-corrected chi connectivity index (χ1v) is 9.19. The molecule has 0 fully saturated rings. The van der Waals surface area contributed by atoms with Crippen molar-refractivity contribution in [1.29, 1.82) is 0 Å². The lowest BCUT2D eigenvalue weighted by molar-refractivity contribution is -0.117. The minimum atomic E-state index is -0.199. The van der Waals surface area contributed by atoms with Gasteiger partial charge in [-0.3, -0.25) is 4.79 Å². The number of thioether (sulfide) groups is 1. The quantitative estimate of drug-likeness (QED) is 0.781. The average Bonchev–Trinajstić information content (AvgIpc) is 2.53. The number of benzene rings is 1. The summed E-state index contributed by atoms with van der Waals surface area (Å²) >= 11 is 7.40. The van der Waals surface area contributed by atoms with E-state index in [2.05, 4.69) is 23.7 Å². The Morgan fingerprint density at radius 1 is 1.22 bits per heavy atom. The summed E-state index contributed by atoms with van der Waals surface area (Å²) in [6.07, 6.45) is 2.00. The second-order valence-electron chi connectivity index (χ2n) is 5.41. The summed E-state index contributed by atoms with van der Waals surface area (Å²) in [5.74, 6) is 0.619. The Bertz CT molecular complexity index is 607. The van der Waals surface area contributed by atoms with E-state index in [-0.39, 0.29) is 11.2 Å². The SMILES string of the molecule is CCCN(CCC)C1=NC(=O)C(C)SC1=Nc1ccc(Cl)cc1. The molecular formula is C17H22ClN3OS. The number of nitrogens with zero attached hydrogens (tertiary/aromatic N) is 3. The molecular weight excluding hydrogens is 330 g/mol. The van der Waals surface area contributed by atoms with Crippen molar-refractivity contribution in [3.8, 4) is 0 Å². The van der Waals surface area contributed by atoms with Crippen molar-refractivity contribution in [1.82, 2.24) is 4.90 Å². The van der Waals surface area contributed by atoms with E-state index in [0.717, 1.165) is 36.7 Å². The molecule has 1 aromatic rings. The standard InChI is InChI=1S/C17H22ClN3OS/c1-4-10-21(11-5-2)15-17(23-12(3)16(22)20-15)19-14-8-6-13(18)7-9-14/h6-9,12H,4-5,10-11H2,1-3H3. The number of carbonyl (C=O) groups is 1. The summed E-state index contributed by atoms with van der Waals surface area (Å²) in [5.41, 5.74) is 0.819. The monoisotopic (exact) mass is 351 g/mol. The second-order valence-corrected chi connectivity index (χ2v) is 7.18. The molecule has 0 saturated carbocycles. The van der Waals surface area contributed by atoms with E-state index < -0.39 is 0 Å². The minimum Gasteiger partial charge on any atom is -0.354 e. The normalized spacial score (nSPS) is 19.8. The van der Waals surface area contributed by atoms with Gasteiger partial charge in [0.1, 0.15) is 5.04 Å². The molecule has 1 aliphatic heterocycles. The van der Waals surface area contributed by atoms with Crippen LogP contribution >= 0.6 is 23.4 Å². The third kappa shape index (κ3) is 4.82. The zero-order valence-corrected chi connectivity index (χ0v) is 15.3. The first-order valence-electron chi connectivity index (χ1n) is 7.94. The Morgan fingerprint density at radius 2 is 1.83 bits per heavy atom. The van der Waals surface area contributed by atoms with Crippen LogP contribution in [0.2, 0.25) is 5.02 Å². The van der Waals surface area contributed by atoms with Crippen molar-refractivity contribution in [2.45, 2.75) is 38.9 Å². The lowest BCUT2D eigenvalue weighted by Crippen LogP contribution is -2.41. The van der Waals surface area contributed by atoms with Crippen LogP contribution in [0, 0.1) is 0 Å². The maximum Gasteiger partial charge on any atom is 0.260 e. The van der Waals surface area contributed by atoms with Gasteiger partial charge in [-0.15, -0.1) is 0 Å². The predicted molar refractivity (Wildman–Crippen MR) is 100 cm³/mol. The molecule has 2 rings (SSSR count). The highest BCUT2D eigenvalue weighted by atomic mass is 35.5. The van der Waals surface area contributed by atoms with Gasteiger partial charge in [0, 0.05) is 18.1 Å². The summed E-state index contributed by atoms with van der Waals surface area (Å²) < 4.78 is 0. The molecule has 23 heavy (non-hydrogen) atoms. The van der Waals surface area contributed by atoms with E-state index in [9.17, 15) is 4.79 Å². The van der Waals surface area contributed by atoms with Crippen LogP contribution in [0.15, 0.2) is 34.3 Å². The van der Waals surface area contributed by atoms with E-state index in [1.165, 1.54) is 11.8 Å². The fourth-order valence-corrected chi connectivity index (χ4v) is 3.34. The molecule has 0 aliphatic carbocycles. The van der Waals surface area contributed by atoms with Crippen molar-refractivity contribution in [2.75, 3.05) is 13.1 Å². The van der Waals surface area contributed by atoms with Gasteiger partial charge in [0.25, 0.3) is 5.91 Å². The lowest BCUT2D eigenvalue weighted by atomic mass is 10.3. The van der Waals surface area contributed by atoms with Gasteiger partial charge < -0.3 is 4.90 Å². The van der Waals surface area contributed by atoms with E-state index in [4.69, 9.17) is 16.6 Å². The summed E-state index contributed by atoms with van der Waals surface area (Å²) in [4.78, 5) is 23.2. The Morgan fingerprint density at radius 3 is 2.39 bits per heavy atom. The Labute approximate surface area is 147 Å². The van der Waals surface area contributed by atoms with E-state index in [1.807, 2.05) is 31.2 Å². The number of hydrogen-bond donors (Lipinski definition) is 0. The molecule has 1 amide bonds. The first kappa shape index (κ1) is 18.0. The van der Waals surface area contributed by atoms with E-state index in [0.29, 0.717) is 10.9 Å². The van der Waals surface area contributed by atoms with Crippen LogP contribution in [0.3, 0.4) is 0 Å².